The third-order valence-corrected chi connectivity index (χ3v) is 5.84. The molecule has 1 aliphatic carbocycles. The van der Waals surface area contributed by atoms with Crippen molar-refractivity contribution in [2.75, 3.05) is 17.2 Å². The van der Waals surface area contributed by atoms with Crippen LogP contribution in [0.2, 0.25) is 0 Å². The van der Waals surface area contributed by atoms with Gasteiger partial charge < -0.3 is 20.5 Å². The van der Waals surface area contributed by atoms with Gasteiger partial charge in [0.25, 0.3) is 0 Å². The highest BCUT2D eigenvalue weighted by Crippen LogP contribution is 2.43. The van der Waals surface area contributed by atoms with Crippen molar-refractivity contribution in [3.05, 3.63) is 41.9 Å². The number of benzene rings is 1. The number of anilines is 2. The maximum absolute atomic E-state index is 9.92. The summed E-state index contributed by atoms with van der Waals surface area (Å²) in [6.07, 6.45) is 4.92. The number of nitrogen functional groups attached to an aromatic ring is 1. The zero-order valence-corrected chi connectivity index (χ0v) is 16.4. The molecular weight excluding hydrogens is 354 g/mol. The van der Waals surface area contributed by atoms with Crippen LogP contribution in [0, 0.1) is 5.41 Å². The quantitative estimate of drug-likeness (QED) is 0.524. The zero-order valence-electron chi connectivity index (χ0n) is 16.4. The van der Waals surface area contributed by atoms with E-state index in [4.69, 9.17) is 15.9 Å². The maximum atomic E-state index is 9.92. The van der Waals surface area contributed by atoms with E-state index in [1.165, 1.54) is 6.33 Å². The van der Waals surface area contributed by atoms with Gasteiger partial charge in [-0.3, -0.25) is 5.41 Å². The van der Waals surface area contributed by atoms with Crippen LogP contribution in [0.4, 0.5) is 11.5 Å². The first-order valence-electron chi connectivity index (χ1n) is 9.85. The summed E-state index contributed by atoms with van der Waals surface area (Å²) in [5, 5.41) is 18.6. The van der Waals surface area contributed by atoms with Crippen LogP contribution in [0.3, 0.4) is 0 Å². The minimum absolute atomic E-state index is 0.0512. The first kappa shape index (κ1) is 18.7. The number of ether oxygens (including phenoxy) is 1. The van der Waals surface area contributed by atoms with Crippen molar-refractivity contribution < 1.29 is 9.84 Å². The Balaban J connectivity index is 1.60. The second-order valence-electron chi connectivity index (χ2n) is 7.92. The first-order chi connectivity index (χ1) is 13.4. The zero-order chi connectivity index (χ0) is 19.9. The van der Waals surface area contributed by atoms with Crippen LogP contribution in [0.1, 0.15) is 50.8 Å². The van der Waals surface area contributed by atoms with Gasteiger partial charge in [0.05, 0.1) is 17.5 Å². The Labute approximate surface area is 165 Å². The van der Waals surface area contributed by atoms with E-state index in [-0.39, 0.29) is 23.5 Å². The Bertz CT molecular complexity index is 896. The minimum Gasteiger partial charge on any atom is -0.487 e. The molecule has 7 nitrogen and oxygen atoms in total. The topological polar surface area (TPSA) is 108 Å². The van der Waals surface area contributed by atoms with Crippen LogP contribution >= 0.6 is 0 Å². The molecule has 1 saturated heterocycles. The lowest BCUT2D eigenvalue weighted by molar-refractivity contribution is 0.174. The summed E-state index contributed by atoms with van der Waals surface area (Å²) >= 11 is 0. The van der Waals surface area contributed by atoms with Crippen molar-refractivity contribution in [1.29, 1.82) is 5.41 Å². The molecule has 1 aliphatic heterocycles. The molecule has 4 rings (SSSR count). The molecule has 2 fully saturated rings. The lowest BCUT2D eigenvalue weighted by Gasteiger charge is -2.22. The van der Waals surface area contributed by atoms with Crippen molar-refractivity contribution in [1.82, 2.24) is 9.97 Å². The Kier molecular flexibility index (Phi) is 4.71. The van der Waals surface area contributed by atoms with Crippen LogP contribution in [0.25, 0.3) is 0 Å². The maximum Gasteiger partial charge on any atom is 0.132 e. The van der Waals surface area contributed by atoms with E-state index in [2.05, 4.69) is 23.8 Å². The number of nitrogens with two attached hydrogens (primary N) is 1. The fourth-order valence-electron chi connectivity index (χ4n) is 3.83. The molecule has 1 saturated carbocycles. The van der Waals surface area contributed by atoms with E-state index in [0.29, 0.717) is 35.7 Å². The van der Waals surface area contributed by atoms with Gasteiger partial charge in [0.15, 0.2) is 0 Å². The summed E-state index contributed by atoms with van der Waals surface area (Å²) in [6.45, 7) is 4.73. The molecule has 0 radical (unpaired) electrons. The van der Waals surface area contributed by atoms with Gasteiger partial charge in [0.1, 0.15) is 23.5 Å². The average Bonchev–Trinajstić information content (AvgIpc) is 3.38. The molecule has 0 spiro atoms. The number of nitrogens with zero attached hydrogens (tertiary/aromatic N) is 3. The smallest absolute Gasteiger partial charge is 0.132 e. The number of nitrogens with one attached hydrogen (secondary N) is 1. The highest BCUT2D eigenvalue weighted by Gasteiger charge is 2.43. The number of rotatable bonds is 6. The Morgan fingerprint density at radius 1 is 1.36 bits per heavy atom. The lowest BCUT2D eigenvalue weighted by Crippen LogP contribution is -2.28. The van der Waals surface area contributed by atoms with Crippen LogP contribution in [0.5, 0.6) is 5.75 Å². The molecular formula is C21H27N5O2. The largest absolute Gasteiger partial charge is 0.487 e. The predicted molar refractivity (Wildman–Crippen MR) is 109 cm³/mol. The normalized spacial score (nSPS) is 22.9. The summed E-state index contributed by atoms with van der Waals surface area (Å²) in [6, 6.07) is 7.46. The second kappa shape index (κ2) is 7.05. The molecule has 2 aromatic rings. The highest BCUT2D eigenvalue weighted by molar-refractivity contribution is 6.13. The number of β-amino-alcohol motifs (C(OH)–C–C–N with tert-alkyl or cyclic N) is 1. The molecule has 2 aliphatic rings. The fourth-order valence-corrected chi connectivity index (χ4v) is 3.83. The van der Waals surface area contributed by atoms with Gasteiger partial charge in [-0.1, -0.05) is 6.92 Å². The molecule has 1 aromatic carbocycles. The van der Waals surface area contributed by atoms with E-state index in [1.807, 2.05) is 17.0 Å². The molecule has 0 bridgehead atoms. The Morgan fingerprint density at radius 2 is 2.14 bits per heavy atom. The monoisotopic (exact) mass is 381 g/mol. The van der Waals surface area contributed by atoms with E-state index < -0.39 is 0 Å². The molecule has 4 N–H and O–H groups in total. The average molecular weight is 381 g/mol. The minimum atomic E-state index is -0.356. The van der Waals surface area contributed by atoms with Gasteiger partial charge in [-0.15, -0.1) is 0 Å². The van der Waals surface area contributed by atoms with Crippen LogP contribution < -0.4 is 15.4 Å². The van der Waals surface area contributed by atoms with Gasteiger partial charge in [-0.25, -0.2) is 9.97 Å². The van der Waals surface area contributed by atoms with Crippen molar-refractivity contribution in [2.45, 2.75) is 57.3 Å². The van der Waals surface area contributed by atoms with Crippen molar-refractivity contribution in [3.63, 3.8) is 0 Å². The molecule has 2 heterocycles. The number of aliphatic hydroxyl groups excluding tert-OH is 1. The number of hydrogen-bond donors (Lipinski definition) is 3. The number of hydrogen-bond acceptors (Lipinski definition) is 7. The van der Waals surface area contributed by atoms with Crippen molar-refractivity contribution >= 4 is 17.2 Å². The second-order valence-corrected chi connectivity index (χ2v) is 7.92. The predicted octanol–water partition coefficient (Wildman–Crippen LogP) is 2.76. The summed E-state index contributed by atoms with van der Waals surface area (Å²) in [5.74, 6) is 1.45. The molecule has 1 aromatic heterocycles. The van der Waals surface area contributed by atoms with Crippen molar-refractivity contribution in [2.24, 2.45) is 0 Å². The standard InChI is InChI=1S/C21H27N5O2/c1-3-21(6-7-21)28-15-4-5-17(22)16(9-15)20(23)18-10-19(25-12-24-18)26-11-14(27)8-13(26)2/h4-5,9-10,12-14,23,27H,3,6-8,11,22H2,1-2H3. The summed E-state index contributed by atoms with van der Waals surface area (Å²) in [5.41, 5.74) is 7.96. The highest BCUT2D eigenvalue weighted by atomic mass is 16.5. The molecule has 148 valence electrons. The molecule has 0 amide bonds. The van der Waals surface area contributed by atoms with Gasteiger partial charge in [0, 0.05) is 29.9 Å². The van der Waals surface area contributed by atoms with Gasteiger partial charge in [0.2, 0.25) is 0 Å². The van der Waals surface area contributed by atoms with E-state index in [0.717, 1.165) is 25.0 Å². The van der Waals surface area contributed by atoms with Gasteiger partial charge >= 0.3 is 0 Å². The van der Waals surface area contributed by atoms with E-state index in [1.54, 1.807) is 12.1 Å². The third-order valence-electron chi connectivity index (χ3n) is 5.84. The first-order valence-corrected chi connectivity index (χ1v) is 9.85. The fraction of sp³-hybridized carbons (Fsp3) is 0.476. The third kappa shape index (κ3) is 3.54. The Hall–Kier alpha value is -2.67. The van der Waals surface area contributed by atoms with Gasteiger partial charge in [-0.2, -0.15) is 0 Å². The van der Waals surface area contributed by atoms with E-state index in [9.17, 15) is 5.11 Å². The lowest BCUT2D eigenvalue weighted by atomic mass is 10.0. The number of aromatic nitrogens is 2. The van der Waals surface area contributed by atoms with Crippen molar-refractivity contribution in [3.8, 4) is 5.75 Å². The van der Waals surface area contributed by atoms with Crippen LogP contribution in [-0.4, -0.2) is 45.1 Å². The number of aliphatic hydroxyl groups is 1. The summed E-state index contributed by atoms with van der Waals surface area (Å²) in [7, 11) is 0. The summed E-state index contributed by atoms with van der Waals surface area (Å²) < 4.78 is 6.15. The van der Waals surface area contributed by atoms with E-state index >= 15 is 0 Å². The Morgan fingerprint density at radius 3 is 2.79 bits per heavy atom. The van der Waals surface area contributed by atoms with Crippen LogP contribution in [-0.2, 0) is 0 Å². The molecule has 28 heavy (non-hydrogen) atoms. The summed E-state index contributed by atoms with van der Waals surface area (Å²) in [4.78, 5) is 10.7. The van der Waals surface area contributed by atoms with Crippen LogP contribution in [0.15, 0.2) is 30.6 Å². The van der Waals surface area contributed by atoms with Gasteiger partial charge in [-0.05, 0) is 50.8 Å². The SMILES string of the molecule is CCC1(Oc2ccc(N)c(C(=N)c3cc(N4CC(O)CC4C)ncn3)c2)CC1. The molecule has 7 heteroatoms. The molecule has 2 unspecified atom stereocenters. The molecule has 2 atom stereocenters.